The van der Waals surface area contributed by atoms with Gasteiger partial charge in [-0.15, -0.1) is 0 Å². The average molecular weight is 224 g/mol. The first-order valence-corrected chi connectivity index (χ1v) is 5.60. The van der Waals surface area contributed by atoms with Crippen LogP contribution in [0.2, 0.25) is 0 Å². The first-order valence-electron chi connectivity index (χ1n) is 5.60. The minimum atomic E-state index is -0.144. The Morgan fingerprint density at radius 1 is 1.56 bits per heavy atom. The van der Waals surface area contributed by atoms with E-state index in [9.17, 15) is 9.90 Å². The molecule has 1 aliphatic rings. The number of nitrogens with zero attached hydrogens (tertiary/aromatic N) is 3. The second-order valence-corrected chi connectivity index (χ2v) is 4.04. The number of aliphatic hydroxyl groups excluding tert-OH is 1. The Morgan fingerprint density at radius 3 is 3.12 bits per heavy atom. The summed E-state index contributed by atoms with van der Waals surface area (Å²) in [5.41, 5.74) is 0.320. The molecule has 1 unspecified atom stereocenters. The standard InChI is InChI=1S/C10H16N4O2/c15-7-8-4-2-1-3-5-14(8)10(16)9-6-11-13-12-9/h6,8,15H,1-5,7H2,(H,11,12,13). The van der Waals surface area contributed by atoms with Gasteiger partial charge in [-0.05, 0) is 12.8 Å². The SMILES string of the molecule is O=C(c1cn[nH]n1)N1CCCCCC1CO. The van der Waals surface area contributed by atoms with Gasteiger partial charge in [-0.25, -0.2) is 0 Å². The molecule has 2 heterocycles. The van der Waals surface area contributed by atoms with Crippen molar-refractivity contribution in [1.29, 1.82) is 0 Å². The van der Waals surface area contributed by atoms with Crippen LogP contribution in [0.4, 0.5) is 0 Å². The Kier molecular flexibility index (Phi) is 3.51. The molecule has 0 saturated carbocycles. The maximum Gasteiger partial charge on any atom is 0.276 e. The van der Waals surface area contributed by atoms with Crippen LogP contribution in [0, 0.1) is 0 Å². The van der Waals surface area contributed by atoms with Crippen LogP contribution in [0.25, 0.3) is 0 Å². The molecule has 0 aromatic carbocycles. The van der Waals surface area contributed by atoms with Crippen LogP contribution in [0.1, 0.15) is 36.2 Å². The summed E-state index contributed by atoms with van der Waals surface area (Å²) < 4.78 is 0. The van der Waals surface area contributed by atoms with Crippen LogP contribution in [-0.4, -0.2) is 50.5 Å². The van der Waals surface area contributed by atoms with Crippen molar-refractivity contribution in [2.75, 3.05) is 13.2 Å². The maximum atomic E-state index is 12.1. The van der Waals surface area contributed by atoms with Gasteiger partial charge in [0.25, 0.3) is 5.91 Å². The summed E-state index contributed by atoms with van der Waals surface area (Å²) in [6.45, 7) is 0.709. The monoisotopic (exact) mass is 224 g/mol. The smallest absolute Gasteiger partial charge is 0.276 e. The summed E-state index contributed by atoms with van der Waals surface area (Å²) >= 11 is 0. The van der Waals surface area contributed by atoms with E-state index in [2.05, 4.69) is 15.4 Å². The molecule has 2 N–H and O–H groups in total. The predicted molar refractivity (Wildman–Crippen MR) is 56.8 cm³/mol. The molecule has 1 aromatic heterocycles. The molecule has 2 rings (SSSR count). The zero-order valence-corrected chi connectivity index (χ0v) is 9.09. The Bertz CT molecular complexity index is 339. The Labute approximate surface area is 93.6 Å². The molecule has 16 heavy (non-hydrogen) atoms. The van der Waals surface area contributed by atoms with Crippen LogP contribution in [0.5, 0.6) is 0 Å². The number of carbonyl (C=O) groups is 1. The number of aromatic amines is 1. The summed E-state index contributed by atoms with van der Waals surface area (Å²) in [6, 6.07) is -0.0771. The fourth-order valence-corrected chi connectivity index (χ4v) is 2.09. The molecule has 0 aliphatic carbocycles. The normalized spacial score (nSPS) is 21.8. The summed E-state index contributed by atoms with van der Waals surface area (Å²) in [5.74, 6) is -0.144. The molecule has 0 bridgehead atoms. The van der Waals surface area contributed by atoms with Crippen LogP contribution in [0.15, 0.2) is 6.20 Å². The van der Waals surface area contributed by atoms with E-state index in [1.165, 1.54) is 6.20 Å². The summed E-state index contributed by atoms with van der Waals surface area (Å²) in [5, 5.41) is 19.1. The molecule has 1 amide bonds. The van der Waals surface area contributed by atoms with E-state index < -0.39 is 0 Å². The number of hydrogen-bond donors (Lipinski definition) is 2. The highest BCUT2D eigenvalue weighted by Gasteiger charge is 2.26. The number of likely N-dealkylation sites (tertiary alicyclic amines) is 1. The zero-order chi connectivity index (χ0) is 11.4. The number of H-pyrrole nitrogens is 1. The second kappa shape index (κ2) is 5.07. The average Bonchev–Trinajstić information content (AvgIpc) is 2.73. The lowest BCUT2D eigenvalue weighted by Gasteiger charge is -2.27. The third kappa shape index (κ3) is 2.21. The molecule has 1 atom stereocenters. The fraction of sp³-hybridized carbons (Fsp3) is 0.700. The number of rotatable bonds is 2. The van der Waals surface area contributed by atoms with Crippen LogP contribution < -0.4 is 0 Å². The van der Waals surface area contributed by atoms with Gasteiger partial charge in [-0.1, -0.05) is 12.8 Å². The van der Waals surface area contributed by atoms with Crippen molar-refractivity contribution < 1.29 is 9.90 Å². The first kappa shape index (κ1) is 11.1. The number of aromatic nitrogens is 3. The Morgan fingerprint density at radius 2 is 2.44 bits per heavy atom. The van der Waals surface area contributed by atoms with E-state index in [4.69, 9.17) is 0 Å². The van der Waals surface area contributed by atoms with E-state index >= 15 is 0 Å². The lowest BCUT2D eigenvalue weighted by atomic mass is 10.1. The van der Waals surface area contributed by atoms with Crippen molar-refractivity contribution in [2.45, 2.75) is 31.7 Å². The molecular formula is C10H16N4O2. The highest BCUT2D eigenvalue weighted by Crippen LogP contribution is 2.18. The molecule has 6 nitrogen and oxygen atoms in total. The van der Waals surface area contributed by atoms with Gasteiger partial charge in [-0.3, -0.25) is 4.79 Å². The third-order valence-corrected chi connectivity index (χ3v) is 2.98. The molecule has 1 aromatic rings. The topological polar surface area (TPSA) is 82.1 Å². The molecule has 1 aliphatic heterocycles. The molecule has 1 fully saturated rings. The third-order valence-electron chi connectivity index (χ3n) is 2.98. The predicted octanol–water partition coefficient (Wildman–Crippen LogP) is 0.182. The van der Waals surface area contributed by atoms with Crippen LogP contribution in [-0.2, 0) is 0 Å². The van der Waals surface area contributed by atoms with E-state index in [1.807, 2.05) is 0 Å². The zero-order valence-electron chi connectivity index (χ0n) is 9.09. The van der Waals surface area contributed by atoms with Gasteiger partial charge in [-0.2, -0.15) is 15.4 Å². The van der Waals surface area contributed by atoms with Crippen LogP contribution >= 0.6 is 0 Å². The molecule has 1 saturated heterocycles. The number of amides is 1. The molecule has 0 radical (unpaired) electrons. The van der Waals surface area contributed by atoms with Gasteiger partial charge < -0.3 is 10.0 Å². The summed E-state index contributed by atoms with van der Waals surface area (Å²) in [7, 11) is 0. The van der Waals surface area contributed by atoms with Gasteiger partial charge in [0.1, 0.15) is 0 Å². The van der Waals surface area contributed by atoms with Gasteiger partial charge in [0.05, 0.1) is 18.8 Å². The quantitative estimate of drug-likeness (QED) is 0.751. The first-order chi connectivity index (χ1) is 7.83. The van der Waals surface area contributed by atoms with Gasteiger partial charge in [0.15, 0.2) is 5.69 Å². The van der Waals surface area contributed by atoms with Crippen molar-refractivity contribution in [3.63, 3.8) is 0 Å². The van der Waals surface area contributed by atoms with Crippen molar-refractivity contribution in [1.82, 2.24) is 20.3 Å². The second-order valence-electron chi connectivity index (χ2n) is 4.04. The van der Waals surface area contributed by atoms with E-state index in [0.717, 1.165) is 25.7 Å². The number of nitrogens with one attached hydrogen (secondary N) is 1. The van der Waals surface area contributed by atoms with E-state index in [-0.39, 0.29) is 18.6 Å². The maximum absolute atomic E-state index is 12.1. The van der Waals surface area contributed by atoms with Gasteiger partial charge in [0, 0.05) is 6.54 Å². The Balaban J connectivity index is 2.13. The van der Waals surface area contributed by atoms with Crippen LogP contribution in [0.3, 0.4) is 0 Å². The number of carbonyl (C=O) groups excluding carboxylic acids is 1. The fourth-order valence-electron chi connectivity index (χ4n) is 2.09. The van der Waals surface area contributed by atoms with Crippen molar-refractivity contribution in [3.8, 4) is 0 Å². The molecule has 88 valence electrons. The number of hydrogen-bond acceptors (Lipinski definition) is 4. The highest BCUT2D eigenvalue weighted by atomic mass is 16.3. The van der Waals surface area contributed by atoms with Gasteiger partial charge >= 0.3 is 0 Å². The highest BCUT2D eigenvalue weighted by molar-refractivity contribution is 5.92. The minimum absolute atomic E-state index is 0.0175. The molecular weight excluding hydrogens is 208 g/mol. The lowest BCUT2D eigenvalue weighted by molar-refractivity contribution is 0.0594. The van der Waals surface area contributed by atoms with E-state index in [1.54, 1.807) is 4.90 Å². The van der Waals surface area contributed by atoms with Gasteiger partial charge in [0.2, 0.25) is 0 Å². The van der Waals surface area contributed by atoms with Crippen molar-refractivity contribution in [2.24, 2.45) is 0 Å². The lowest BCUT2D eigenvalue weighted by Crippen LogP contribution is -2.42. The minimum Gasteiger partial charge on any atom is -0.394 e. The largest absolute Gasteiger partial charge is 0.394 e. The Hall–Kier alpha value is -1.43. The van der Waals surface area contributed by atoms with E-state index in [0.29, 0.717) is 12.2 Å². The van der Waals surface area contributed by atoms with Crippen molar-refractivity contribution in [3.05, 3.63) is 11.9 Å². The summed E-state index contributed by atoms with van der Waals surface area (Å²) in [4.78, 5) is 13.8. The number of aliphatic hydroxyl groups is 1. The molecule has 6 heteroatoms. The van der Waals surface area contributed by atoms with Crippen molar-refractivity contribution >= 4 is 5.91 Å². The summed E-state index contributed by atoms with van der Waals surface area (Å²) in [6.07, 6.45) is 5.44. The molecule has 0 spiro atoms.